The summed E-state index contributed by atoms with van der Waals surface area (Å²) in [6.07, 6.45) is 8.45. The zero-order chi connectivity index (χ0) is 20.3. The lowest BCUT2D eigenvalue weighted by Gasteiger charge is -2.38. The van der Waals surface area contributed by atoms with E-state index < -0.39 is 0 Å². The van der Waals surface area contributed by atoms with E-state index in [1.165, 1.54) is 12.1 Å². The first-order chi connectivity index (χ1) is 14.1. The maximum Gasteiger partial charge on any atom is 0.253 e. The molecule has 0 saturated carbocycles. The maximum atomic E-state index is 13.5. The van der Waals surface area contributed by atoms with Gasteiger partial charge in [0.05, 0.1) is 11.6 Å². The summed E-state index contributed by atoms with van der Waals surface area (Å²) in [6, 6.07) is 10.1. The van der Waals surface area contributed by atoms with Crippen molar-refractivity contribution in [2.24, 2.45) is 0 Å². The van der Waals surface area contributed by atoms with Crippen LogP contribution in [-0.4, -0.2) is 45.9 Å². The lowest BCUT2D eigenvalue weighted by molar-refractivity contribution is 0.0738. The summed E-state index contributed by atoms with van der Waals surface area (Å²) < 4.78 is 13.5. The number of carbonyl (C=O) groups is 1. The van der Waals surface area contributed by atoms with Crippen molar-refractivity contribution in [3.8, 4) is 6.07 Å². The number of hydrogen-bond donors (Lipinski definition) is 0. The second kappa shape index (κ2) is 8.30. The Labute approximate surface area is 170 Å². The lowest BCUT2D eigenvalue weighted by atomic mass is 9.87. The quantitative estimate of drug-likeness (QED) is 0.798. The zero-order valence-electron chi connectivity index (χ0n) is 16.5. The molecule has 1 spiro atoms. The molecule has 0 unspecified atom stereocenters. The van der Waals surface area contributed by atoms with Crippen LogP contribution in [0.1, 0.15) is 53.6 Å². The Balaban J connectivity index is 1.49. The van der Waals surface area contributed by atoms with Crippen molar-refractivity contribution in [2.45, 2.75) is 44.2 Å². The van der Waals surface area contributed by atoms with Gasteiger partial charge >= 0.3 is 0 Å². The summed E-state index contributed by atoms with van der Waals surface area (Å²) in [5, 5.41) is 9.38. The van der Waals surface area contributed by atoms with Gasteiger partial charge in [0.25, 0.3) is 5.91 Å². The highest BCUT2D eigenvalue weighted by Crippen LogP contribution is 2.39. The molecular weight excluding hydrogens is 367 g/mol. The first-order valence-corrected chi connectivity index (χ1v) is 10.2. The van der Waals surface area contributed by atoms with Gasteiger partial charge in [-0.15, -0.1) is 0 Å². The van der Waals surface area contributed by atoms with E-state index >= 15 is 0 Å². The van der Waals surface area contributed by atoms with Crippen molar-refractivity contribution < 1.29 is 9.18 Å². The van der Waals surface area contributed by atoms with Gasteiger partial charge in [-0.25, -0.2) is 4.39 Å². The summed E-state index contributed by atoms with van der Waals surface area (Å²) in [4.78, 5) is 21.3. The molecule has 1 aromatic heterocycles. The topological polar surface area (TPSA) is 60.2 Å². The molecule has 1 amide bonds. The molecule has 2 saturated heterocycles. The molecular formula is C23H25FN4O. The van der Waals surface area contributed by atoms with Gasteiger partial charge in [-0.05, 0) is 68.5 Å². The van der Waals surface area contributed by atoms with Crippen molar-refractivity contribution in [3.63, 3.8) is 0 Å². The van der Waals surface area contributed by atoms with Gasteiger partial charge in [-0.1, -0.05) is 6.07 Å². The van der Waals surface area contributed by atoms with E-state index in [9.17, 15) is 14.4 Å². The van der Waals surface area contributed by atoms with Crippen LogP contribution in [0.3, 0.4) is 0 Å². The molecule has 5 nitrogen and oxygen atoms in total. The third kappa shape index (κ3) is 4.01. The van der Waals surface area contributed by atoms with Gasteiger partial charge in [0.15, 0.2) is 0 Å². The number of rotatable bonds is 3. The Morgan fingerprint density at radius 3 is 2.62 bits per heavy atom. The van der Waals surface area contributed by atoms with Crippen LogP contribution in [0, 0.1) is 17.1 Å². The molecule has 2 aliphatic rings. The highest BCUT2D eigenvalue weighted by molar-refractivity contribution is 5.94. The number of amides is 1. The highest BCUT2D eigenvalue weighted by Gasteiger charge is 2.42. The molecule has 4 rings (SSSR count). The normalized spacial score (nSPS) is 22.4. The van der Waals surface area contributed by atoms with Gasteiger partial charge in [0.2, 0.25) is 0 Å². The standard InChI is InChI=1S/C23H25FN4O/c24-21-4-3-19(20(15-21)16-25)17-28-13-2-8-23(28)7-1-12-27(14-9-23)22(29)18-5-10-26-11-6-18/h3-6,10-11,15H,1-2,7-9,12-14,17H2/t23-/m1/s1. The minimum Gasteiger partial charge on any atom is -0.339 e. The minimum atomic E-state index is -0.374. The van der Waals surface area contributed by atoms with Gasteiger partial charge in [-0.2, -0.15) is 5.26 Å². The SMILES string of the molecule is N#Cc1cc(F)ccc1CN1CCC[C@@]12CCCN(C(=O)c1ccncc1)CC2. The second-order valence-electron chi connectivity index (χ2n) is 8.04. The Kier molecular flexibility index (Phi) is 5.59. The number of pyridine rings is 1. The molecule has 2 aromatic rings. The average molecular weight is 392 g/mol. The van der Waals surface area contributed by atoms with Crippen LogP contribution in [0.15, 0.2) is 42.7 Å². The molecule has 1 atom stereocenters. The highest BCUT2D eigenvalue weighted by atomic mass is 19.1. The monoisotopic (exact) mass is 392 g/mol. The van der Waals surface area contributed by atoms with Crippen LogP contribution in [-0.2, 0) is 6.54 Å². The fourth-order valence-electron chi connectivity index (χ4n) is 4.86. The Morgan fingerprint density at radius 2 is 1.86 bits per heavy atom. The first kappa shape index (κ1) is 19.5. The largest absolute Gasteiger partial charge is 0.339 e. The number of nitriles is 1. The van der Waals surface area contributed by atoms with E-state index in [-0.39, 0.29) is 17.3 Å². The lowest BCUT2D eigenvalue weighted by Crippen LogP contribution is -2.44. The summed E-state index contributed by atoms with van der Waals surface area (Å²) in [5.41, 5.74) is 2.03. The van der Waals surface area contributed by atoms with Crippen LogP contribution in [0.5, 0.6) is 0 Å². The van der Waals surface area contributed by atoms with Gasteiger partial charge < -0.3 is 4.90 Å². The first-order valence-electron chi connectivity index (χ1n) is 10.2. The van der Waals surface area contributed by atoms with Crippen molar-refractivity contribution in [1.29, 1.82) is 5.26 Å². The van der Waals surface area contributed by atoms with E-state index in [2.05, 4.69) is 16.0 Å². The van der Waals surface area contributed by atoms with Crippen molar-refractivity contribution in [2.75, 3.05) is 19.6 Å². The number of nitrogens with zero attached hydrogens (tertiary/aromatic N) is 4. The number of likely N-dealkylation sites (tertiary alicyclic amines) is 2. The molecule has 1 aromatic carbocycles. The summed E-state index contributed by atoms with van der Waals surface area (Å²) >= 11 is 0. The molecule has 29 heavy (non-hydrogen) atoms. The maximum absolute atomic E-state index is 13.5. The van der Waals surface area contributed by atoms with E-state index in [1.54, 1.807) is 30.6 Å². The zero-order valence-corrected chi connectivity index (χ0v) is 16.5. The number of carbonyl (C=O) groups excluding carboxylic acids is 1. The number of hydrogen-bond acceptors (Lipinski definition) is 4. The van der Waals surface area contributed by atoms with Gasteiger partial charge in [0.1, 0.15) is 5.82 Å². The van der Waals surface area contributed by atoms with Crippen LogP contribution >= 0.6 is 0 Å². The fraction of sp³-hybridized carbons (Fsp3) is 0.435. The van der Waals surface area contributed by atoms with Gasteiger partial charge in [-0.3, -0.25) is 14.7 Å². The Bertz CT molecular complexity index is 926. The molecule has 2 aliphatic heterocycles. The predicted octanol–water partition coefficient (Wildman–Crippen LogP) is 3.75. The van der Waals surface area contributed by atoms with Crippen LogP contribution in [0.25, 0.3) is 0 Å². The third-order valence-corrected chi connectivity index (χ3v) is 6.43. The summed E-state index contributed by atoms with van der Waals surface area (Å²) in [6.45, 7) is 3.12. The molecule has 3 heterocycles. The summed E-state index contributed by atoms with van der Waals surface area (Å²) in [7, 11) is 0. The smallest absolute Gasteiger partial charge is 0.253 e. The molecule has 150 valence electrons. The van der Waals surface area contributed by atoms with Crippen LogP contribution < -0.4 is 0 Å². The van der Waals surface area contributed by atoms with Crippen LogP contribution in [0.4, 0.5) is 4.39 Å². The minimum absolute atomic E-state index is 0.0500. The Morgan fingerprint density at radius 1 is 1.10 bits per heavy atom. The second-order valence-corrected chi connectivity index (χ2v) is 8.04. The third-order valence-electron chi connectivity index (χ3n) is 6.43. The molecule has 0 aliphatic carbocycles. The molecule has 0 radical (unpaired) electrons. The van der Waals surface area contributed by atoms with Crippen molar-refractivity contribution >= 4 is 5.91 Å². The average Bonchev–Trinajstić information content (AvgIpc) is 3.00. The van der Waals surface area contributed by atoms with E-state index in [4.69, 9.17) is 0 Å². The van der Waals surface area contributed by atoms with E-state index in [1.807, 2.05) is 4.90 Å². The molecule has 0 N–H and O–H groups in total. The number of benzene rings is 1. The fourth-order valence-corrected chi connectivity index (χ4v) is 4.86. The number of aromatic nitrogens is 1. The Hall–Kier alpha value is -2.78. The van der Waals surface area contributed by atoms with Crippen molar-refractivity contribution in [3.05, 3.63) is 65.2 Å². The van der Waals surface area contributed by atoms with Crippen LogP contribution in [0.2, 0.25) is 0 Å². The molecule has 2 fully saturated rings. The predicted molar refractivity (Wildman–Crippen MR) is 107 cm³/mol. The summed E-state index contributed by atoms with van der Waals surface area (Å²) in [5.74, 6) is -0.305. The van der Waals surface area contributed by atoms with Crippen molar-refractivity contribution in [1.82, 2.24) is 14.8 Å². The van der Waals surface area contributed by atoms with E-state index in [0.717, 1.165) is 57.3 Å². The molecule has 0 bridgehead atoms. The van der Waals surface area contributed by atoms with E-state index in [0.29, 0.717) is 17.7 Å². The number of halogens is 1. The van der Waals surface area contributed by atoms with Gasteiger partial charge in [0, 0.05) is 43.1 Å². The molecule has 6 heteroatoms.